The van der Waals surface area contributed by atoms with Crippen LogP contribution in [-0.4, -0.2) is 41.7 Å². The van der Waals surface area contributed by atoms with E-state index in [9.17, 15) is 9.59 Å². The Bertz CT molecular complexity index is 1370. The molecule has 7 nitrogen and oxygen atoms in total. The molecule has 0 saturated heterocycles. The summed E-state index contributed by atoms with van der Waals surface area (Å²) in [6.45, 7) is 2.32. The highest BCUT2D eigenvalue weighted by Crippen LogP contribution is 2.43. The first kappa shape index (κ1) is 22.7. The van der Waals surface area contributed by atoms with Gasteiger partial charge in [0.1, 0.15) is 5.75 Å². The maximum atomic E-state index is 14.0. The van der Waals surface area contributed by atoms with Crippen molar-refractivity contribution in [2.24, 2.45) is 5.92 Å². The highest BCUT2D eigenvalue weighted by Gasteiger charge is 2.48. The van der Waals surface area contributed by atoms with Gasteiger partial charge in [-0.3, -0.25) is 14.5 Å². The number of carbonyl (C=O) groups is 2. The summed E-state index contributed by atoms with van der Waals surface area (Å²) in [5.74, 6) is -0.837. The molecule has 1 aromatic heterocycles. The number of imidazole rings is 1. The Morgan fingerprint density at radius 3 is 2.46 bits per heavy atom. The first-order valence-electron chi connectivity index (χ1n) is 11.8. The number of anilines is 1. The van der Waals surface area contributed by atoms with Gasteiger partial charge in [-0.2, -0.15) is 0 Å². The Morgan fingerprint density at radius 2 is 1.69 bits per heavy atom. The van der Waals surface area contributed by atoms with Crippen LogP contribution in [0.4, 0.5) is 5.95 Å². The second kappa shape index (κ2) is 9.62. The molecule has 4 aromatic rings. The Kier molecular flexibility index (Phi) is 6.23. The molecule has 1 amide bonds. The quantitative estimate of drug-likeness (QED) is 0.296. The third-order valence-electron chi connectivity index (χ3n) is 6.41. The first-order valence-corrected chi connectivity index (χ1v) is 11.8. The molecular formula is C28H27N3O4. The van der Waals surface area contributed by atoms with Crippen molar-refractivity contribution in [1.82, 2.24) is 9.55 Å². The van der Waals surface area contributed by atoms with Crippen molar-refractivity contribution in [3.8, 4) is 5.75 Å². The van der Waals surface area contributed by atoms with E-state index in [1.54, 1.807) is 18.9 Å². The molecule has 7 heteroatoms. The molecule has 2 atom stereocenters. The minimum Gasteiger partial charge on any atom is -0.496 e. The van der Waals surface area contributed by atoms with E-state index in [1.807, 2.05) is 83.4 Å². The average molecular weight is 470 g/mol. The zero-order valence-electron chi connectivity index (χ0n) is 19.8. The van der Waals surface area contributed by atoms with Gasteiger partial charge >= 0.3 is 5.97 Å². The van der Waals surface area contributed by atoms with Crippen LogP contribution in [0.3, 0.4) is 0 Å². The van der Waals surface area contributed by atoms with Gasteiger partial charge in [-0.1, -0.05) is 60.7 Å². The minimum atomic E-state index is -1.08. The van der Waals surface area contributed by atoms with Crippen LogP contribution < -0.4 is 9.64 Å². The largest absolute Gasteiger partial charge is 0.496 e. The Morgan fingerprint density at radius 1 is 0.971 bits per heavy atom. The van der Waals surface area contributed by atoms with Gasteiger partial charge in [-0.15, -0.1) is 0 Å². The van der Waals surface area contributed by atoms with Crippen LogP contribution in [0.2, 0.25) is 0 Å². The predicted molar refractivity (Wildman–Crippen MR) is 133 cm³/mol. The van der Waals surface area contributed by atoms with Crippen molar-refractivity contribution >= 4 is 28.9 Å². The van der Waals surface area contributed by atoms with Crippen molar-refractivity contribution in [2.45, 2.75) is 19.4 Å². The first-order chi connectivity index (χ1) is 17.1. The molecule has 0 saturated carbocycles. The number of fused-ring (bicyclic) bond motifs is 3. The molecule has 178 valence electrons. The third-order valence-corrected chi connectivity index (χ3v) is 6.41. The SMILES string of the molecule is CCOC(=O)[C@H]1C(=O)N(CCc2ccccc2)c2nc3ccccc3n2[C@H]1c1ccccc1OC. The van der Waals surface area contributed by atoms with E-state index in [4.69, 9.17) is 14.5 Å². The van der Waals surface area contributed by atoms with Crippen LogP contribution in [0.25, 0.3) is 11.0 Å². The van der Waals surface area contributed by atoms with Gasteiger partial charge < -0.3 is 14.0 Å². The maximum Gasteiger partial charge on any atom is 0.321 e. The molecule has 0 bridgehead atoms. The number of esters is 1. The molecule has 0 N–H and O–H groups in total. The molecule has 5 rings (SSSR count). The molecule has 35 heavy (non-hydrogen) atoms. The van der Waals surface area contributed by atoms with E-state index in [0.29, 0.717) is 24.7 Å². The molecule has 0 fully saturated rings. The van der Waals surface area contributed by atoms with Crippen LogP contribution in [-0.2, 0) is 20.7 Å². The van der Waals surface area contributed by atoms with Crippen molar-refractivity contribution in [1.29, 1.82) is 0 Å². The zero-order valence-corrected chi connectivity index (χ0v) is 19.8. The number of para-hydroxylation sites is 3. The molecule has 0 aliphatic carbocycles. The van der Waals surface area contributed by atoms with E-state index in [-0.39, 0.29) is 12.5 Å². The van der Waals surface area contributed by atoms with Crippen LogP contribution >= 0.6 is 0 Å². The number of ether oxygens (including phenoxy) is 2. The van der Waals surface area contributed by atoms with E-state index in [1.165, 1.54) is 0 Å². The number of carbonyl (C=O) groups excluding carboxylic acids is 2. The van der Waals surface area contributed by atoms with E-state index in [0.717, 1.165) is 22.2 Å². The summed E-state index contributed by atoms with van der Waals surface area (Å²) < 4.78 is 13.1. The van der Waals surface area contributed by atoms with Crippen molar-refractivity contribution in [3.63, 3.8) is 0 Å². The van der Waals surface area contributed by atoms with Crippen molar-refractivity contribution < 1.29 is 19.1 Å². The van der Waals surface area contributed by atoms with E-state index < -0.39 is 17.9 Å². The lowest BCUT2D eigenvalue weighted by Crippen LogP contribution is -2.50. The Balaban J connectivity index is 1.71. The summed E-state index contributed by atoms with van der Waals surface area (Å²) in [7, 11) is 1.59. The number of benzene rings is 3. The van der Waals surface area contributed by atoms with E-state index >= 15 is 0 Å². The fraction of sp³-hybridized carbons (Fsp3) is 0.250. The number of hydrogen-bond acceptors (Lipinski definition) is 5. The van der Waals surface area contributed by atoms with Crippen LogP contribution in [0.5, 0.6) is 5.75 Å². The monoisotopic (exact) mass is 469 g/mol. The van der Waals surface area contributed by atoms with Crippen molar-refractivity contribution in [2.75, 3.05) is 25.2 Å². The molecule has 0 spiro atoms. The number of nitrogens with zero attached hydrogens (tertiary/aromatic N) is 3. The predicted octanol–water partition coefficient (Wildman–Crippen LogP) is 4.40. The third kappa shape index (κ3) is 4.03. The Hall–Kier alpha value is -4.13. The van der Waals surface area contributed by atoms with Gasteiger partial charge in [0.05, 0.1) is 30.8 Å². The lowest BCUT2D eigenvalue weighted by molar-refractivity contribution is -0.153. The summed E-state index contributed by atoms with van der Waals surface area (Å²) in [6, 6.07) is 24.5. The summed E-state index contributed by atoms with van der Waals surface area (Å²) in [5, 5.41) is 0. The van der Waals surface area contributed by atoms with Crippen LogP contribution in [0.15, 0.2) is 78.9 Å². The molecule has 0 unspecified atom stereocenters. The standard InChI is InChI=1S/C28H27N3O4/c1-3-35-27(33)24-25(20-13-7-10-16-23(20)34-2)31-22-15-9-8-14-21(22)29-28(31)30(26(24)32)18-17-19-11-5-4-6-12-19/h4-16,24-25H,3,17-18H2,1-2H3/t24-,25+/m1/s1. The summed E-state index contributed by atoms with van der Waals surface area (Å²) >= 11 is 0. The van der Waals surface area contributed by atoms with Gasteiger partial charge in [-0.25, -0.2) is 4.98 Å². The van der Waals surface area contributed by atoms with Gasteiger partial charge in [0.15, 0.2) is 5.92 Å². The second-order valence-electron chi connectivity index (χ2n) is 8.41. The summed E-state index contributed by atoms with van der Waals surface area (Å²) in [4.78, 5) is 33.8. The molecule has 1 aliphatic rings. The minimum absolute atomic E-state index is 0.183. The number of hydrogen-bond donors (Lipinski definition) is 0. The van der Waals surface area contributed by atoms with Gasteiger partial charge in [0.2, 0.25) is 11.9 Å². The molecule has 2 heterocycles. The highest BCUT2D eigenvalue weighted by molar-refractivity contribution is 6.08. The highest BCUT2D eigenvalue weighted by atomic mass is 16.5. The Labute approximate surface area is 203 Å². The lowest BCUT2D eigenvalue weighted by Gasteiger charge is -2.38. The second-order valence-corrected chi connectivity index (χ2v) is 8.41. The molecule has 1 aliphatic heterocycles. The van der Waals surface area contributed by atoms with Gasteiger partial charge in [-0.05, 0) is 37.1 Å². The number of amides is 1. The van der Waals surface area contributed by atoms with Gasteiger partial charge in [0.25, 0.3) is 0 Å². The van der Waals surface area contributed by atoms with Gasteiger partial charge in [0, 0.05) is 12.1 Å². The zero-order chi connectivity index (χ0) is 24.4. The fourth-order valence-electron chi connectivity index (χ4n) is 4.83. The number of aromatic nitrogens is 2. The molecule has 0 radical (unpaired) electrons. The molecule has 3 aromatic carbocycles. The average Bonchev–Trinajstić information content (AvgIpc) is 3.27. The fourth-order valence-corrected chi connectivity index (χ4v) is 4.83. The summed E-state index contributed by atoms with van der Waals surface area (Å²) in [5.41, 5.74) is 3.42. The van der Waals surface area contributed by atoms with E-state index in [2.05, 4.69) is 0 Å². The summed E-state index contributed by atoms with van der Waals surface area (Å²) in [6.07, 6.45) is 0.630. The van der Waals surface area contributed by atoms with Crippen molar-refractivity contribution in [3.05, 3.63) is 90.0 Å². The normalized spacial score (nSPS) is 17.3. The van der Waals surface area contributed by atoms with Crippen LogP contribution in [0, 0.1) is 5.92 Å². The number of methoxy groups -OCH3 is 1. The van der Waals surface area contributed by atoms with Crippen LogP contribution in [0.1, 0.15) is 24.1 Å². The molecular weight excluding hydrogens is 442 g/mol. The number of rotatable bonds is 7. The topological polar surface area (TPSA) is 73.7 Å². The maximum absolute atomic E-state index is 14.0. The lowest BCUT2D eigenvalue weighted by atomic mass is 9.88. The smallest absolute Gasteiger partial charge is 0.321 e.